The molecule has 6 heteroatoms. The van der Waals surface area contributed by atoms with Crippen LogP contribution in [0.15, 0.2) is 47.5 Å². The van der Waals surface area contributed by atoms with Gasteiger partial charge in [-0.15, -0.1) is 0 Å². The number of hydrogen-bond acceptors (Lipinski definition) is 6. The van der Waals surface area contributed by atoms with Crippen LogP contribution in [-0.4, -0.2) is 41.8 Å². The molecule has 1 atom stereocenters. The van der Waals surface area contributed by atoms with Crippen molar-refractivity contribution in [1.82, 2.24) is 10.6 Å². The summed E-state index contributed by atoms with van der Waals surface area (Å²) in [5, 5.41) is 28.1. The summed E-state index contributed by atoms with van der Waals surface area (Å²) in [5.41, 5.74) is 2.00. The number of nitrogens with one attached hydrogen (secondary N) is 2. The fourth-order valence-electron chi connectivity index (χ4n) is 4.06. The quantitative estimate of drug-likeness (QED) is 0.670. The third-order valence-corrected chi connectivity index (χ3v) is 5.46. The third-order valence-electron chi connectivity index (χ3n) is 5.46. The molecule has 0 amide bonds. The molecule has 0 unspecified atom stereocenters. The average Bonchev–Trinajstić information content (AvgIpc) is 2.68. The van der Waals surface area contributed by atoms with E-state index < -0.39 is 5.66 Å². The van der Waals surface area contributed by atoms with Crippen molar-refractivity contribution in [3.8, 4) is 17.2 Å². The van der Waals surface area contributed by atoms with E-state index in [1.807, 2.05) is 30.3 Å². The minimum Gasteiger partial charge on any atom is -0.507 e. The van der Waals surface area contributed by atoms with E-state index in [0.29, 0.717) is 12.2 Å². The molecule has 142 valence electrons. The number of hydrogen-bond donors (Lipinski definition) is 4. The number of rotatable bonds is 3. The zero-order valence-corrected chi connectivity index (χ0v) is 15.4. The lowest BCUT2D eigenvalue weighted by molar-refractivity contribution is 0.215. The molecule has 2 heterocycles. The van der Waals surface area contributed by atoms with Crippen LogP contribution in [0.25, 0.3) is 0 Å². The first-order valence-electron chi connectivity index (χ1n) is 9.33. The predicted octanol–water partition coefficient (Wildman–Crippen LogP) is 2.71. The normalized spacial score (nSPS) is 21.7. The lowest BCUT2D eigenvalue weighted by Gasteiger charge is -2.42. The molecule has 2 aromatic carbocycles. The van der Waals surface area contributed by atoms with Crippen molar-refractivity contribution >= 4 is 5.71 Å². The number of benzene rings is 2. The van der Waals surface area contributed by atoms with Crippen LogP contribution in [0, 0.1) is 0 Å². The van der Waals surface area contributed by atoms with Crippen LogP contribution < -0.4 is 15.4 Å². The van der Waals surface area contributed by atoms with E-state index in [1.54, 1.807) is 19.2 Å². The van der Waals surface area contributed by atoms with Crippen LogP contribution in [0.3, 0.4) is 0 Å². The van der Waals surface area contributed by atoms with E-state index in [2.05, 4.69) is 10.6 Å². The molecule has 4 rings (SSSR count). The molecule has 6 nitrogen and oxygen atoms in total. The number of phenols is 2. The van der Waals surface area contributed by atoms with Gasteiger partial charge in [0, 0.05) is 29.3 Å². The largest absolute Gasteiger partial charge is 0.507 e. The molecule has 1 fully saturated rings. The summed E-state index contributed by atoms with van der Waals surface area (Å²) < 4.78 is 5.29. The number of phenolic OH excluding ortho intramolecular Hbond substituents is 2. The number of nitrogens with zero attached hydrogens (tertiary/aromatic N) is 1. The highest BCUT2D eigenvalue weighted by Crippen LogP contribution is 2.40. The van der Waals surface area contributed by atoms with Gasteiger partial charge in [-0.1, -0.05) is 24.3 Å². The van der Waals surface area contributed by atoms with E-state index in [0.717, 1.165) is 42.8 Å². The third kappa shape index (κ3) is 3.38. The lowest BCUT2D eigenvalue weighted by Crippen LogP contribution is -2.55. The molecule has 0 aliphatic carbocycles. The Morgan fingerprint density at radius 1 is 1.07 bits per heavy atom. The number of ether oxygens (including phenoxy) is 1. The Bertz CT molecular complexity index is 860. The summed E-state index contributed by atoms with van der Waals surface area (Å²) in [5.74, 6) is 0.844. The maximum Gasteiger partial charge on any atom is 0.162 e. The first-order chi connectivity index (χ1) is 13.1. The minimum atomic E-state index is -0.401. The first kappa shape index (κ1) is 17.8. The van der Waals surface area contributed by atoms with Crippen molar-refractivity contribution in [3.63, 3.8) is 0 Å². The fraction of sp³-hybridized carbons (Fsp3) is 0.381. The number of para-hydroxylation sites is 2. The summed E-state index contributed by atoms with van der Waals surface area (Å²) in [6.07, 6.45) is 2.28. The van der Waals surface area contributed by atoms with Gasteiger partial charge in [0.15, 0.2) is 11.5 Å². The highest BCUT2D eigenvalue weighted by Gasteiger charge is 2.39. The highest BCUT2D eigenvalue weighted by atomic mass is 16.5. The van der Waals surface area contributed by atoms with Gasteiger partial charge >= 0.3 is 0 Å². The van der Waals surface area contributed by atoms with Crippen molar-refractivity contribution in [2.75, 3.05) is 20.2 Å². The summed E-state index contributed by atoms with van der Waals surface area (Å²) in [7, 11) is 1.55. The zero-order chi connectivity index (χ0) is 18.9. The van der Waals surface area contributed by atoms with Gasteiger partial charge in [0.2, 0.25) is 0 Å². The van der Waals surface area contributed by atoms with Gasteiger partial charge in [-0.05, 0) is 44.1 Å². The van der Waals surface area contributed by atoms with Crippen LogP contribution in [0.2, 0.25) is 0 Å². The molecular weight excluding hydrogens is 342 g/mol. The number of methoxy groups -OCH3 is 1. The lowest BCUT2D eigenvalue weighted by atomic mass is 9.87. The number of aliphatic imine (C=N–C) groups is 1. The molecule has 2 aliphatic heterocycles. The fourth-order valence-corrected chi connectivity index (χ4v) is 4.06. The van der Waals surface area contributed by atoms with Crippen LogP contribution in [0.4, 0.5) is 0 Å². The summed E-state index contributed by atoms with van der Waals surface area (Å²) in [6.45, 7) is 1.75. The van der Waals surface area contributed by atoms with Gasteiger partial charge < -0.3 is 20.3 Å². The van der Waals surface area contributed by atoms with E-state index in [9.17, 15) is 10.2 Å². The minimum absolute atomic E-state index is 0.120. The maximum absolute atomic E-state index is 10.7. The number of piperidine rings is 1. The molecule has 1 saturated heterocycles. The second kappa shape index (κ2) is 7.21. The van der Waals surface area contributed by atoms with E-state index >= 15 is 0 Å². The van der Waals surface area contributed by atoms with Crippen LogP contribution in [0.5, 0.6) is 17.2 Å². The second-order valence-electron chi connectivity index (χ2n) is 7.16. The van der Waals surface area contributed by atoms with E-state index in [-0.39, 0.29) is 17.5 Å². The first-order valence-corrected chi connectivity index (χ1v) is 9.33. The maximum atomic E-state index is 10.7. The highest BCUT2D eigenvalue weighted by molar-refractivity contribution is 6.03. The van der Waals surface area contributed by atoms with Gasteiger partial charge in [0.1, 0.15) is 11.4 Å². The smallest absolute Gasteiger partial charge is 0.162 e. The van der Waals surface area contributed by atoms with Gasteiger partial charge in [-0.25, -0.2) is 0 Å². The molecule has 2 aliphatic rings. The van der Waals surface area contributed by atoms with Crippen molar-refractivity contribution in [2.45, 2.75) is 31.0 Å². The molecule has 0 saturated carbocycles. The molecule has 2 aromatic rings. The molecule has 0 radical (unpaired) electrons. The van der Waals surface area contributed by atoms with Crippen molar-refractivity contribution in [1.29, 1.82) is 0 Å². The Balaban J connectivity index is 1.77. The SMILES string of the molecule is COc1cccc([C@@H]2CC(c3ccccc3O)=NC3(CCNCC3)N2)c1O. The van der Waals surface area contributed by atoms with Crippen molar-refractivity contribution in [3.05, 3.63) is 53.6 Å². The summed E-state index contributed by atoms with van der Waals surface area (Å²) in [6, 6.07) is 12.7. The topological polar surface area (TPSA) is 86.1 Å². The average molecular weight is 367 g/mol. The van der Waals surface area contributed by atoms with Gasteiger partial charge in [-0.2, -0.15) is 0 Å². The number of aromatic hydroxyl groups is 2. The molecule has 0 bridgehead atoms. The van der Waals surface area contributed by atoms with Gasteiger partial charge in [0.05, 0.1) is 7.11 Å². The Hall–Kier alpha value is -2.57. The Morgan fingerprint density at radius 3 is 2.59 bits per heavy atom. The Kier molecular flexibility index (Phi) is 4.76. The van der Waals surface area contributed by atoms with Crippen LogP contribution >= 0.6 is 0 Å². The monoisotopic (exact) mass is 367 g/mol. The molecule has 0 aromatic heterocycles. The van der Waals surface area contributed by atoms with Crippen molar-refractivity contribution in [2.24, 2.45) is 4.99 Å². The van der Waals surface area contributed by atoms with Crippen LogP contribution in [-0.2, 0) is 0 Å². The van der Waals surface area contributed by atoms with Gasteiger partial charge in [0.25, 0.3) is 0 Å². The molecule has 4 N–H and O–H groups in total. The van der Waals surface area contributed by atoms with Crippen molar-refractivity contribution < 1.29 is 14.9 Å². The van der Waals surface area contributed by atoms with E-state index in [4.69, 9.17) is 9.73 Å². The van der Waals surface area contributed by atoms with Gasteiger partial charge in [-0.3, -0.25) is 10.3 Å². The predicted molar refractivity (Wildman–Crippen MR) is 105 cm³/mol. The van der Waals surface area contributed by atoms with E-state index in [1.165, 1.54) is 0 Å². The van der Waals surface area contributed by atoms with Crippen LogP contribution in [0.1, 0.15) is 36.4 Å². The standard InChI is InChI=1S/C21H25N3O3/c1-27-19-8-4-6-15(20(19)26)17-13-16(14-5-2-3-7-18(14)25)23-21(24-17)9-11-22-12-10-21/h2-8,17,22,24-26H,9-13H2,1H3/t17-/m0/s1. The summed E-state index contributed by atoms with van der Waals surface area (Å²) in [4.78, 5) is 5.04. The summed E-state index contributed by atoms with van der Waals surface area (Å²) >= 11 is 0. The second-order valence-corrected chi connectivity index (χ2v) is 7.16. The Labute approximate surface area is 158 Å². The Morgan fingerprint density at radius 2 is 1.85 bits per heavy atom. The molecule has 1 spiro atoms. The zero-order valence-electron chi connectivity index (χ0n) is 15.4. The molecule has 27 heavy (non-hydrogen) atoms. The molecular formula is C21H25N3O3.